The number of nitrogens with one attached hydrogen (secondary N) is 1. The molecular weight excluding hydrogens is 418 g/mol. The van der Waals surface area contributed by atoms with Crippen LogP contribution in [0.2, 0.25) is 5.02 Å². The van der Waals surface area contributed by atoms with E-state index < -0.39 is 5.91 Å². The van der Waals surface area contributed by atoms with Crippen LogP contribution in [-0.2, 0) is 4.79 Å². The molecule has 4 rings (SSSR count). The summed E-state index contributed by atoms with van der Waals surface area (Å²) < 4.78 is 2.13. The van der Waals surface area contributed by atoms with Gasteiger partial charge in [0.1, 0.15) is 11.6 Å². The normalized spacial score (nSPS) is 11.4. The second kappa shape index (κ2) is 8.74. The first-order chi connectivity index (χ1) is 15.4. The van der Waals surface area contributed by atoms with Gasteiger partial charge in [0.05, 0.1) is 0 Å². The highest BCUT2D eigenvalue weighted by atomic mass is 35.5. The number of anilines is 1. The number of benzene rings is 3. The maximum Gasteiger partial charge on any atom is 0.266 e. The Labute approximate surface area is 192 Å². The van der Waals surface area contributed by atoms with E-state index in [0.29, 0.717) is 10.7 Å². The summed E-state index contributed by atoms with van der Waals surface area (Å²) in [6.07, 6.45) is 1.63. The number of fused-ring (bicyclic) bond motifs is 1. The Balaban J connectivity index is 1.67. The molecule has 0 unspecified atom stereocenters. The van der Waals surface area contributed by atoms with Crippen LogP contribution in [0.5, 0.6) is 0 Å². The number of hydrogen-bond donors (Lipinski definition) is 1. The van der Waals surface area contributed by atoms with E-state index >= 15 is 0 Å². The lowest BCUT2D eigenvalue weighted by atomic mass is 10.1. The van der Waals surface area contributed by atoms with Gasteiger partial charge in [-0.15, -0.1) is 0 Å². The molecule has 0 aliphatic carbocycles. The van der Waals surface area contributed by atoms with Gasteiger partial charge in [0.25, 0.3) is 5.91 Å². The summed E-state index contributed by atoms with van der Waals surface area (Å²) in [6, 6.07) is 23.8. The van der Waals surface area contributed by atoms with Crippen LogP contribution in [-0.4, -0.2) is 10.5 Å². The molecule has 0 spiro atoms. The van der Waals surface area contributed by atoms with E-state index in [4.69, 9.17) is 11.6 Å². The van der Waals surface area contributed by atoms with Gasteiger partial charge in [0.15, 0.2) is 0 Å². The van der Waals surface area contributed by atoms with E-state index in [-0.39, 0.29) is 5.57 Å². The number of halogens is 1. The molecule has 1 amide bonds. The van der Waals surface area contributed by atoms with Gasteiger partial charge in [-0.2, -0.15) is 5.26 Å². The Morgan fingerprint density at radius 3 is 2.47 bits per heavy atom. The van der Waals surface area contributed by atoms with Gasteiger partial charge in [-0.25, -0.2) is 0 Å². The fourth-order valence-corrected chi connectivity index (χ4v) is 4.00. The Morgan fingerprint density at radius 1 is 1.00 bits per heavy atom. The second-order valence-electron chi connectivity index (χ2n) is 7.78. The number of amides is 1. The Morgan fingerprint density at radius 2 is 1.75 bits per heavy atom. The molecular formula is C27H22ClN3O. The van der Waals surface area contributed by atoms with Gasteiger partial charge in [-0.05, 0) is 79.1 Å². The summed E-state index contributed by atoms with van der Waals surface area (Å²) in [6.45, 7) is 5.89. The van der Waals surface area contributed by atoms with Crippen LogP contribution in [0.15, 0.2) is 72.3 Å². The van der Waals surface area contributed by atoms with Crippen molar-refractivity contribution in [2.75, 3.05) is 5.32 Å². The molecule has 4 nitrogen and oxygen atoms in total. The van der Waals surface area contributed by atoms with Crippen molar-refractivity contribution < 1.29 is 4.79 Å². The predicted octanol–water partition coefficient (Wildman–Crippen LogP) is 6.75. The van der Waals surface area contributed by atoms with E-state index in [2.05, 4.69) is 40.2 Å². The molecule has 0 radical (unpaired) electrons. The minimum Gasteiger partial charge on any atom is -0.321 e. The zero-order valence-electron chi connectivity index (χ0n) is 18.1. The fourth-order valence-electron chi connectivity index (χ4n) is 3.82. The smallest absolute Gasteiger partial charge is 0.266 e. The number of carbonyl (C=O) groups excluding carboxylic acids is 1. The molecule has 0 saturated carbocycles. The van der Waals surface area contributed by atoms with Crippen molar-refractivity contribution in [2.24, 2.45) is 0 Å². The first-order valence-electron chi connectivity index (χ1n) is 10.2. The number of nitriles is 1. The highest BCUT2D eigenvalue weighted by Crippen LogP contribution is 2.26. The maximum atomic E-state index is 12.7. The summed E-state index contributed by atoms with van der Waals surface area (Å²) in [5, 5.41) is 15.3. The molecule has 0 atom stereocenters. The lowest BCUT2D eigenvalue weighted by Crippen LogP contribution is -2.13. The summed E-state index contributed by atoms with van der Waals surface area (Å²) in [5.74, 6) is -0.470. The Bertz CT molecular complexity index is 1420. The third-order valence-electron chi connectivity index (χ3n) is 5.56. The molecule has 1 N–H and O–H groups in total. The number of aromatic nitrogens is 1. The van der Waals surface area contributed by atoms with Gasteiger partial charge in [0.2, 0.25) is 0 Å². The monoisotopic (exact) mass is 439 g/mol. The quantitative estimate of drug-likeness (QED) is 0.282. The molecule has 0 bridgehead atoms. The van der Waals surface area contributed by atoms with E-state index in [1.165, 1.54) is 5.39 Å². The highest BCUT2D eigenvalue weighted by molar-refractivity contribution is 6.31. The summed E-state index contributed by atoms with van der Waals surface area (Å²) in [5.41, 5.74) is 5.33. The highest BCUT2D eigenvalue weighted by Gasteiger charge is 2.14. The van der Waals surface area contributed by atoms with Crippen molar-refractivity contribution in [1.82, 2.24) is 4.57 Å². The number of carbonyl (C=O) groups is 1. The molecule has 4 aromatic rings. The third-order valence-corrected chi connectivity index (χ3v) is 5.96. The first kappa shape index (κ1) is 21.4. The van der Waals surface area contributed by atoms with Crippen LogP contribution >= 0.6 is 11.6 Å². The van der Waals surface area contributed by atoms with Crippen molar-refractivity contribution in [3.8, 4) is 11.8 Å². The molecule has 5 heteroatoms. The van der Waals surface area contributed by atoms with Crippen LogP contribution in [0.4, 0.5) is 5.69 Å². The molecule has 1 heterocycles. The molecule has 32 heavy (non-hydrogen) atoms. The Hall–Kier alpha value is -3.81. The molecule has 158 valence electrons. The van der Waals surface area contributed by atoms with Gasteiger partial charge in [0, 0.05) is 27.8 Å². The van der Waals surface area contributed by atoms with Crippen molar-refractivity contribution in [3.05, 3.63) is 99.8 Å². The van der Waals surface area contributed by atoms with Crippen LogP contribution in [0.1, 0.15) is 22.5 Å². The number of rotatable bonds is 4. The van der Waals surface area contributed by atoms with Crippen LogP contribution in [0.25, 0.3) is 22.5 Å². The topological polar surface area (TPSA) is 57.8 Å². The van der Waals surface area contributed by atoms with Crippen LogP contribution in [0.3, 0.4) is 0 Å². The summed E-state index contributed by atoms with van der Waals surface area (Å²) in [4.78, 5) is 12.7. The van der Waals surface area contributed by atoms with Gasteiger partial charge >= 0.3 is 0 Å². The first-order valence-corrected chi connectivity index (χ1v) is 10.6. The molecule has 0 aliphatic rings. The van der Waals surface area contributed by atoms with Crippen molar-refractivity contribution in [2.45, 2.75) is 20.8 Å². The van der Waals surface area contributed by atoms with Crippen molar-refractivity contribution in [3.63, 3.8) is 0 Å². The molecule has 1 aromatic heterocycles. The average Bonchev–Trinajstić information content (AvgIpc) is 3.06. The average molecular weight is 440 g/mol. The van der Waals surface area contributed by atoms with Gasteiger partial charge in [-0.1, -0.05) is 48.0 Å². The molecule has 0 aliphatic heterocycles. The van der Waals surface area contributed by atoms with E-state index in [1.54, 1.807) is 18.2 Å². The molecule has 0 fully saturated rings. The number of nitrogens with zero attached hydrogens (tertiary/aromatic N) is 2. The largest absolute Gasteiger partial charge is 0.321 e. The van der Waals surface area contributed by atoms with Gasteiger partial charge < -0.3 is 9.88 Å². The summed E-state index contributed by atoms with van der Waals surface area (Å²) in [7, 11) is 0. The van der Waals surface area contributed by atoms with E-state index in [0.717, 1.165) is 33.6 Å². The Kier molecular flexibility index (Phi) is 5.85. The maximum absolute atomic E-state index is 12.7. The molecule has 3 aromatic carbocycles. The fraction of sp³-hybridized carbons (Fsp3) is 0.111. The summed E-state index contributed by atoms with van der Waals surface area (Å²) >= 11 is 6.14. The third kappa shape index (κ3) is 4.16. The minimum absolute atomic E-state index is 0.0282. The second-order valence-corrected chi connectivity index (χ2v) is 8.19. The van der Waals surface area contributed by atoms with Crippen LogP contribution in [0, 0.1) is 32.1 Å². The SMILES string of the molecule is Cc1ccc(NC(=O)/C(C#N)=C/c2cc(C)n(-c3ccc4ccccc4c3)c2C)cc1Cl. The zero-order valence-corrected chi connectivity index (χ0v) is 18.9. The molecule has 0 saturated heterocycles. The van der Waals surface area contributed by atoms with E-state index in [1.807, 2.05) is 51.1 Å². The lowest BCUT2D eigenvalue weighted by Gasteiger charge is -2.11. The minimum atomic E-state index is -0.470. The standard InChI is InChI=1S/C27H22ClN3O/c1-17-8-10-24(15-26(17)28)30-27(32)23(16-29)13-22-12-18(2)31(19(22)3)25-11-9-20-6-4-5-7-21(20)14-25/h4-15H,1-3H3,(H,30,32)/b23-13+. The van der Waals surface area contributed by atoms with Crippen LogP contribution < -0.4 is 5.32 Å². The van der Waals surface area contributed by atoms with Crippen molar-refractivity contribution >= 4 is 40.0 Å². The number of hydrogen-bond acceptors (Lipinski definition) is 2. The van der Waals surface area contributed by atoms with Crippen molar-refractivity contribution in [1.29, 1.82) is 5.26 Å². The van der Waals surface area contributed by atoms with Gasteiger partial charge in [-0.3, -0.25) is 4.79 Å². The lowest BCUT2D eigenvalue weighted by molar-refractivity contribution is -0.112. The zero-order chi connectivity index (χ0) is 22.8. The van der Waals surface area contributed by atoms with E-state index in [9.17, 15) is 10.1 Å². The predicted molar refractivity (Wildman–Crippen MR) is 131 cm³/mol. The number of aryl methyl sites for hydroxylation is 2.